The zero-order valence-electron chi connectivity index (χ0n) is 6.20. The lowest BCUT2D eigenvalue weighted by Crippen LogP contribution is -2.32. The van der Waals surface area contributed by atoms with E-state index in [1.165, 1.54) is 0 Å². The van der Waals surface area contributed by atoms with Gasteiger partial charge in [-0.2, -0.15) is 0 Å². The average molecular weight is 238 g/mol. The summed E-state index contributed by atoms with van der Waals surface area (Å²) in [5.74, 6) is -3.41. The fourth-order valence-electron chi connectivity index (χ4n) is 0.467. The average Bonchev–Trinajstić information content (AvgIpc) is 2.00. The van der Waals surface area contributed by atoms with Crippen LogP contribution in [0.25, 0.3) is 0 Å². The molecular formula is C6H6BrO5-. The largest absolute Gasteiger partial charge is 0.550 e. The third kappa shape index (κ3) is 3.47. The molecule has 1 atom stereocenters. The molecule has 0 aliphatic heterocycles. The van der Waals surface area contributed by atoms with Crippen LogP contribution in [0.3, 0.4) is 0 Å². The molecular weight excluding hydrogens is 232 g/mol. The standard InChI is InChI=1S/C6H7BrO5/c1-12-6(11)5(10)3(7)2-4(8)9/h3H,2H2,1H3,(H,8,9)/p-1. The zero-order valence-corrected chi connectivity index (χ0v) is 7.79. The van der Waals surface area contributed by atoms with E-state index >= 15 is 0 Å². The van der Waals surface area contributed by atoms with Crippen molar-refractivity contribution in [3.63, 3.8) is 0 Å². The van der Waals surface area contributed by atoms with Gasteiger partial charge in [0, 0.05) is 12.4 Å². The van der Waals surface area contributed by atoms with Gasteiger partial charge in [-0.1, -0.05) is 15.9 Å². The summed E-state index contributed by atoms with van der Waals surface area (Å²) in [4.78, 5) is 30.2. The molecule has 0 rings (SSSR count). The Labute approximate surface area is 76.8 Å². The number of ketones is 1. The summed E-state index contributed by atoms with van der Waals surface area (Å²) in [5, 5.41) is 9.98. The molecule has 0 saturated carbocycles. The third-order valence-electron chi connectivity index (χ3n) is 1.02. The number of Topliss-reactive ketones (excluding diaryl/α,β-unsaturated/α-hetero) is 1. The van der Waals surface area contributed by atoms with Gasteiger partial charge in [-0.05, 0) is 0 Å². The van der Waals surface area contributed by atoms with Crippen molar-refractivity contribution in [2.75, 3.05) is 7.11 Å². The monoisotopic (exact) mass is 237 g/mol. The molecule has 0 aliphatic rings. The van der Waals surface area contributed by atoms with Crippen molar-refractivity contribution in [2.45, 2.75) is 11.2 Å². The van der Waals surface area contributed by atoms with Crippen LogP contribution in [0.4, 0.5) is 0 Å². The summed E-state index contributed by atoms with van der Waals surface area (Å²) in [7, 11) is 1.04. The molecule has 0 spiro atoms. The molecule has 0 heterocycles. The van der Waals surface area contributed by atoms with E-state index in [0.717, 1.165) is 7.11 Å². The number of carboxylic acids is 1. The molecule has 0 fully saturated rings. The Morgan fingerprint density at radius 2 is 2.00 bits per heavy atom. The number of carbonyl (C=O) groups is 3. The Morgan fingerprint density at radius 1 is 1.50 bits per heavy atom. The minimum atomic E-state index is -1.41. The first-order valence-electron chi connectivity index (χ1n) is 2.95. The van der Waals surface area contributed by atoms with Crippen LogP contribution in [-0.4, -0.2) is 29.7 Å². The minimum absolute atomic E-state index is 0.548. The van der Waals surface area contributed by atoms with Crippen LogP contribution in [0.15, 0.2) is 0 Å². The second kappa shape index (κ2) is 4.87. The Kier molecular flexibility index (Phi) is 4.50. The Balaban J connectivity index is 4.10. The maximum Gasteiger partial charge on any atom is 0.375 e. The molecule has 0 bridgehead atoms. The predicted octanol–water partition coefficient (Wildman–Crippen LogP) is -1.37. The molecule has 0 aromatic heterocycles. The summed E-state index contributed by atoms with van der Waals surface area (Å²) in [6.07, 6.45) is -0.548. The number of carboxylic acid groups (broad SMARTS) is 1. The number of rotatable bonds is 4. The number of aliphatic carboxylic acids is 1. The first-order chi connectivity index (χ1) is 5.49. The van der Waals surface area contributed by atoms with Gasteiger partial charge in [0.05, 0.1) is 11.9 Å². The van der Waals surface area contributed by atoms with Gasteiger partial charge in [-0.25, -0.2) is 4.79 Å². The van der Waals surface area contributed by atoms with Crippen LogP contribution < -0.4 is 5.11 Å². The normalized spacial score (nSPS) is 11.8. The molecule has 0 aromatic carbocycles. The van der Waals surface area contributed by atoms with Crippen molar-refractivity contribution in [3.8, 4) is 0 Å². The van der Waals surface area contributed by atoms with Crippen molar-refractivity contribution < 1.29 is 24.2 Å². The second-order valence-electron chi connectivity index (χ2n) is 1.90. The molecule has 6 heteroatoms. The summed E-state index contributed by atoms with van der Waals surface area (Å²) in [6.45, 7) is 0. The van der Waals surface area contributed by atoms with E-state index in [1.807, 2.05) is 0 Å². The first-order valence-corrected chi connectivity index (χ1v) is 3.86. The number of carbonyl (C=O) groups excluding carboxylic acids is 3. The number of hydrogen-bond acceptors (Lipinski definition) is 5. The highest BCUT2D eigenvalue weighted by molar-refractivity contribution is 9.10. The maximum absolute atomic E-state index is 10.8. The maximum atomic E-state index is 10.8. The Bertz CT molecular complexity index is 212. The van der Waals surface area contributed by atoms with E-state index in [1.54, 1.807) is 0 Å². The van der Waals surface area contributed by atoms with Crippen LogP contribution in [0.5, 0.6) is 0 Å². The highest BCUT2D eigenvalue weighted by Gasteiger charge is 2.23. The van der Waals surface area contributed by atoms with Gasteiger partial charge in [0.2, 0.25) is 0 Å². The number of ether oxygens (including phenoxy) is 1. The smallest absolute Gasteiger partial charge is 0.375 e. The molecule has 5 nitrogen and oxygen atoms in total. The first kappa shape index (κ1) is 11.1. The van der Waals surface area contributed by atoms with Crippen LogP contribution in [0, 0.1) is 0 Å². The van der Waals surface area contributed by atoms with Crippen LogP contribution in [0.1, 0.15) is 6.42 Å². The number of hydrogen-bond donors (Lipinski definition) is 0. The molecule has 0 aromatic rings. The van der Waals surface area contributed by atoms with Gasteiger partial charge < -0.3 is 14.6 Å². The summed E-state index contributed by atoms with van der Waals surface area (Å²) in [6, 6.07) is 0. The van der Waals surface area contributed by atoms with Gasteiger partial charge in [0.1, 0.15) is 0 Å². The summed E-state index contributed by atoms with van der Waals surface area (Å²) >= 11 is 2.71. The van der Waals surface area contributed by atoms with E-state index in [0.29, 0.717) is 0 Å². The predicted molar refractivity (Wildman–Crippen MR) is 39.4 cm³/mol. The molecule has 12 heavy (non-hydrogen) atoms. The highest BCUT2D eigenvalue weighted by atomic mass is 79.9. The zero-order chi connectivity index (χ0) is 9.72. The van der Waals surface area contributed by atoms with E-state index in [-0.39, 0.29) is 0 Å². The molecule has 68 valence electrons. The molecule has 0 amide bonds. The lowest BCUT2D eigenvalue weighted by atomic mass is 10.2. The van der Waals surface area contributed by atoms with Gasteiger partial charge in [0.25, 0.3) is 5.78 Å². The van der Waals surface area contributed by atoms with E-state index < -0.39 is 29.0 Å². The lowest BCUT2D eigenvalue weighted by Gasteiger charge is -2.06. The molecule has 0 aliphatic carbocycles. The number of alkyl halides is 1. The molecule has 0 N–H and O–H groups in total. The fraction of sp³-hybridized carbons (Fsp3) is 0.500. The molecule has 1 unspecified atom stereocenters. The van der Waals surface area contributed by atoms with Crippen molar-refractivity contribution in [1.29, 1.82) is 0 Å². The van der Waals surface area contributed by atoms with Crippen LogP contribution in [-0.2, 0) is 19.1 Å². The molecule has 0 saturated heterocycles. The lowest BCUT2D eigenvalue weighted by molar-refractivity contribution is -0.305. The summed E-state index contributed by atoms with van der Waals surface area (Å²) < 4.78 is 4.08. The summed E-state index contributed by atoms with van der Waals surface area (Å²) in [5.41, 5.74) is 0. The van der Waals surface area contributed by atoms with Crippen molar-refractivity contribution in [3.05, 3.63) is 0 Å². The quantitative estimate of drug-likeness (QED) is 0.343. The Hall–Kier alpha value is -0.910. The van der Waals surface area contributed by atoms with E-state index in [9.17, 15) is 19.5 Å². The van der Waals surface area contributed by atoms with Gasteiger partial charge in [0.15, 0.2) is 0 Å². The van der Waals surface area contributed by atoms with Crippen LogP contribution >= 0.6 is 15.9 Å². The van der Waals surface area contributed by atoms with Crippen molar-refractivity contribution >= 4 is 33.7 Å². The van der Waals surface area contributed by atoms with E-state index in [4.69, 9.17) is 0 Å². The number of halogens is 1. The van der Waals surface area contributed by atoms with Gasteiger partial charge in [-0.3, -0.25) is 4.79 Å². The minimum Gasteiger partial charge on any atom is -0.550 e. The van der Waals surface area contributed by atoms with Crippen molar-refractivity contribution in [1.82, 2.24) is 0 Å². The topological polar surface area (TPSA) is 83.5 Å². The van der Waals surface area contributed by atoms with Crippen molar-refractivity contribution in [2.24, 2.45) is 0 Å². The Morgan fingerprint density at radius 3 is 2.33 bits per heavy atom. The SMILES string of the molecule is COC(=O)C(=O)C(Br)CC(=O)[O-]. The van der Waals surface area contributed by atoms with Gasteiger partial charge in [-0.15, -0.1) is 0 Å². The second-order valence-corrected chi connectivity index (χ2v) is 3.00. The molecule has 0 radical (unpaired) electrons. The third-order valence-corrected chi connectivity index (χ3v) is 1.76. The number of esters is 1. The fourth-order valence-corrected chi connectivity index (χ4v) is 0.919. The van der Waals surface area contributed by atoms with Crippen LogP contribution in [0.2, 0.25) is 0 Å². The van der Waals surface area contributed by atoms with Gasteiger partial charge >= 0.3 is 5.97 Å². The highest BCUT2D eigenvalue weighted by Crippen LogP contribution is 2.06. The van der Waals surface area contributed by atoms with E-state index in [2.05, 4.69) is 20.7 Å². The number of methoxy groups -OCH3 is 1.